The van der Waals surface area contributed by atoms with Crippen LogP contribution in [-0.2, 0) is 5.60 Å². The summed E-state index contributed by atoms with van der Waals surface area (Å²) in [7, 11) is 0. The van der Waals surface area contributed by atoms with Crippen molar-refractivity contribution in [1.29, 1.82) is 5.26 Å². The monoisotopic (exact) mass is 338 g/mol. The average molecular weight is 338 g/mol. The molecular formula is C18H14N2O3S. The van der Waals surface area contributed by atoms with Crippen molar-refractivity contribution in [2.24, 2.45) is 0 Å². The molecule has 1 unspecified atom stereocenters. The summed E-state index contributed by atoms with van der Waals surface area (Å²) >= 11 is 1.38. The first kappa shape index (κ1) is 16.0. The first-order valence-electron chi connectivity index (χ1n) is 7.22. The van der Waals surface area contributed by atoms with Crippen molar-refractivity contribution in [1.82, 2.24) is 5.32 Å². The molecule has 1 atom stereocenters. The fraction of sp³-hybridized carbons (Fsp3) is 0.111. The third-order valence-corrected chi connectivity index (χ3v) is 4.64. The molecule has 120 valence electrons. The second-order valence-electron chi connectivity index (χ2n) is 5.19. The van der Waals surface area contributed by atoms with Crippen molar-refractivity contribution >= 4 is 17.2 Å². The average Bonchev–Trinajstić information content (AvgIpc) is 3.33. The van der Waals surface area contributed by atoms with Gasteiger partial charge in [-0.05, 0) is 41.8 Å². The highest BCUT2D eigenvalue weighted by Crippen LogP contribution is 2.32. The van der Waals surface area contributed by atoms with E-state index in [9.17, 15) is 9.90 Å². The van der Waals surface area contributed by atoms with Crippen LogP contribution in [0.5, 0.6) is 0 Å². The molecule has 0 fully saturated rings. The standard InChI is InChI=1S/C18H14N2O3S/c19-11-13-4-1-5-14(10-13)17(21)20-12-18(22,15-6-2-8-23-15)16-7-3-9-24-16/h1-10,22H,12H2,(H,20,21). The quantitative estimate of drug-likeness (QED) is 0.749. The molecule has 0 saturated heterocycles. The topological polar surface area (TPSA) is 86.3 Å². The van der Waals surface area contributed by atoms with Gasteiger partial charge in [-0.1, -0.05) is 12.1 Å². The molecule has 3 aromatic rings. The third-order valence-electron chi connectivity index (χ3n) is 3.62. The number of nitrogens with one attached hydrogen (secondary N) is 1. The van der Waals surface area contributed by atoms with Gasteiger partial charge in [0, 0.05) is 10.4 Å². The molecule has 0 aliphatic heterocycles. The van der Waals surface area contributed by atoms with Crippen molar-refractivity contribution < 1.29 is 14.3 Å². The first-order chi connectivity index (χ1) is 11.6. The summed E-state index contributed by atoms with van der Waals surface area (Å²) < 4.78 is 5.36. The Kier molecular flexibility index (Phi) is 4.47. The Morgan fingerprint density at radius 1 is 1.29 bits per heavy atom. The summed E-state index contributed by atoms with van der Waals surface area (Å²) in [6.07, 6.45) is 1.48. The number of rotatable bonds is 5. The molecule has 0 saturated carbocycles. The fourth-order valence-electron chi connectivity index (χ4n) is 2.36. The van der Waals surface area contributed by atoms with Crippen LogP contribution in [0, 0.1) is 11.3 Å². The maximum Gasteiger partial charge on any atom is 0.251 e. The molecule has 1 amide bonds. The van der Waals surface area contributed by atoms with Gasteiger partial charge in [0.25, 0.3) is 5.91 Å². The number of furan rings is 1. The lowest BCUT2D eigenvalue weighted by atomic mass is 9.98. The number of nitrogens with zero attached hydrogens (tertiary/aromatic N) is 1. The maximum absolute atomic E-state index is 12.3. The molecule has 0 radical (unpaired) electrons. The molecule has 5 nitrogen and oxygen atoms in total. The number of hydrogen-bond donors (Lipinski definition) is 2. The number of benzene rings is 1. The Hall–Kier alpha value is -2.88. The summed E-state index contributed by atoms with van der Waals surface area (Å²) in [6, 6.07) is 15.4. The Morgan fingerprint density at radius 3 is 2.83 bits per heavy atom. The highest BCUT2D eigenvalue weighted by Gasteiger charge is 2.36. The number of hydrogen-bond acceptors (Lipinski definition) is 5. The molecule has 2 heterocycles. The van der Waals surface area contributed by atoms with Crippen LogP contribution in [0.1, 0.15) is 26.6 Å². The van der Waals surface area contributed by atoms with Gasteiger partial charge in [-0.25, -0.2) is 0 Å². The summed E-state index contributed by atoms with van der Waals surface area (Å²) in [4.78, 5) is 13.0. The van der Waals surface area contributed by atoms with Gasteiger partial charge in [-0.2, -0.15) is 5.26 Å². The lowest BCUT2D eigenvalue weighted by molar-refractivity contribution is 0.0554. The Balaban J connectivity index is 1.82. The zero-order valence-electron chi connectivity index (χ0n) is 12.6. The van der Waals surface area contributed by atoms with E-state index in [1.807, 2.05) is 17.5 Å². The minimum absolute atomic E-state index is 0.0450. The summed E-state index contributed by atoms with van der Waals surface area (Å²) in [5.41, 5.74) is -0.676. The number of aliphatic hydroxyl groups is 1. The van der Waals surface area contributed by atoms with Gasteiger partial charge in [0.1, 0.15) is 5.76 Å². The van der Waals surface area contributed by atoms with E-state index in [-0.39, 0.29) is 12.5 Å². The molecule has 0 aliphatic rings. The zero-order chi connectivity index (χ0) is 17.0. The van der Waals surface area contributed by atoms with E-state index in [0.717, 1.165) is 0 Å². The minimum atomic E-state index is -1.44. The largest absolute Gasteiger partial charge is 0.466 e. The summed E-state index contributed by atoms with van der Waals surface area (Å²) in [5.74, 6) is -0.00957. The molecule has 0 bridgehead atoms. The first-order valence-corrected chi connectivity index (χ1v) is 8.10. The van der Waals surface area contributed by atoms with Gasteiger partial charge in [0.2, 0.25) is 0 Å². The highest BCUT2D eigenvalue weighted by atomic mass is 32.1. The van der Waals surface area contributed by atoms with Crippen molar-refractivity contribution in [2.75, 3.05) is 6.54 Å². The van der Waals surface area contributed by atoms with Crippen molar-refractivity contribution in [3.63, 3.8) is 0 Å². The highest BCUT2D eigenvalue weighted by molar-refractivity contribution is 7.10. The van der Waals surface area contributed by atoms with Crippen LogP contribution in [-0.4, -0.2) is 17.6 Å². The predicted molar refractivity (Wildman–Crippen MR) is 89.5 cm³/mol. The summed E-state index contributed by atoms with van der Waals surface area (Å²) in [6.45, 7) is -0.0450. The summed E-state index contributed by atoms with van der Waals surface area (Å²) in [5, 5.41) is 24.6. The number of carbonyl (C=O) groups is 1. The van der Waals surface area contributed by atoms with E-state index in [2.05, 4.69) is 5.32 Å². The molecule has 1 aromatic carbocycles. The van der Waals surface area contributed by atoms with Crippen LogP contribution in [0.15, 0.2) is 64.6 Å². The lowest BCUT2D eigenvalue weighted by Gasteiger charge is -2.25. The van der Waals surface area contributed by atoms with Gasteiger partial charge in [-0.3, -0.25) is 4.79 Å². The Bertz CT molecular complexity index is 830. The molecule has 0 aliphatic carbocycles. The number of amides is 1. The molecule has 6 heteroatoms. The normalized spacial score (nSPS) is 13.0. The van der Waals surface area contributed by atoms with E-state index in [0.29, 0.717) is 21.8 Å². The minimum Gasteiger partial charge on any atom is -0.466 e. The number of thiophene rings is 1. The van der Waals surface area contributed by atoms with Gasteiger partial charge < -0.3 is 14.8 Å². The van der Waals surface area contributed by atoms with Gasteiger partial charge in [0.15, 0.2) is 5.60 Å². The second kappa shape index (κ2) is 6.71. The van der Waals surface area contributed by atoms with Gasteiger partial charge in [0.05, 0.1) is 24.4 Å². The van der Waals surface area contributed by atoms with Crippen LogP contribution in [0.2, 0.25) is 0 Å². The second-order valence-corrected chi connectivity index (χ2v) is 6.14. The SMILES string of the molecule is N#Cc1cccc(C(=O)NCC(O)(c2ccco2)c2cccs2)c1. The van der Waals surface area contributed by atoms with Gasteiger partial charge in [-0.15, -0.1) is 11.3 Å². The van der Waals surface area contributed by atoms with Crippen LogP contribution < -0.4 is 5.32 Å². The van der Waals surface area contributed by atoms with Crippen molar-refractivity contribution in [3.05, 3.63) is 81.9 Å². The molecule has 2 aromatic heterocycles. The molecule has 24 heavy (non-hydrogen) atoms. The zero-order valence-corrected chi connectivity index (χ0v) is 13.4. The smallest absolute Gasteiger partial charge is 0.251 e. The van der Waals surface area contributed by atoms with E-state index in [4.69, 9.17) is 9.68 Å². The van der Waals surface area contributed by atoms with Crippen LogP contribution in [0.25, 0.3) is 0 Å². The predicted octanol–water partition coefficient (Wildman–Crippen LogP) is 2.88. The van der Waals surface area contributed by atoms with Crippen molar-refractivity contribution in [3.8, 4) is 6.07 Å². The lowest BCUT2D eigenvalue weighted by Crippen LogP contribution is -2.41. The Labute approximate surface area is 142 Å². The third kappa shape index (κ3) is 3.08. The van der Waals surface area contributed by atoms with E-state index in [1.54, 1.807) is 36.4 Å². The number of nitriles is 1. The molecule has 3 rings (SSSR count). The number of carbonyl (C=O) groups excluding carboxylic acids is 1. The maximum atomic E-state index is 12.3. The fourth-order valence-corrected chi connectivity index (χ4v) is 3.19. The molecular weight excluding hydrogens is 324 g/mol. The van der Waals surface area contributed by atoms with Crippen LogP contribution in [0.3, 0.4) is 0 Å². The Morgan fingerprint density at radius 2 is 2.17 bits per heavy atom. The van der Waals surface area contributed by atoms with Crippen LogP contribution in [0.4, 0.5) is 0 Å². The van der Waals surface area contributed by atoms with E-state index >= 15 is 0 Å². The van der Waals surface area contributed by atoms with E-state index in [1.165, 1.54) is 23.7 Å². The molecule has 0 spiro atoms. The van der Waals surface area contributed by atoms with Crippen LogP contribution >= 0.6 is 11.3 Å². The van der Waals surface area contributed by atoms with Crippen molar-refractivity contribution in [2.45, 2.75) is 5.60 Å². The molecule has 2 N–H and O–H groups in total. The van der Waals surface area contributed by atoms with Gasteiger partial charge >= 0.3 is 0 Å². The van der Waals surface area contributed by atoms with E-state index < -0.39 is 5.60 Å².